The zero-order valence-corrected chi connectivity index (χ0v) is 20.0. The number of aromatic nitrogens is 2. The molecule has 3 heterocycles. The summed E-state index contributed by atoms with van der Waals surface area (Å²) in [6, 6.07) is 26.9. The van der Waals surface area contributed by atoms with Crippen LogP contribution in [-0.2, 0) is 17.4 Å². The lowest BCUT2D eigenvalue weighted by Gasteiger charge is -2.25. The van der Waals surface area contributed by atoms with E-state index in [0.29, 0.717) is 0 Å². The topological polar surface area (TPSA) is 67.2 Å². The predicted octanol–water partition coefficient (Wildman–Crippen LogP) is 5.47. The number of pyridine rings is 1. The van der Waals surface area contributed by atoms with Gasteiger partial charge in [0.2, 0.25) is 0 Å². The van der Waals surface area contributed by atoms with Crippen molar-refractivity contribution in [3.63, 3.8) is 0 Å². The number of carbonyl (C=O) groups is 2. The maximum Gasteiger partial charge on any atom is 0.271 e. The van der Waals surface area contributed by atoms with Crippen LogP contribution in [0, 0.1) is 0 Å². The van der Waals surface area contributed by atoms with Crippen LogP contribution in [0.1, 0.15) is 23.0 Å². The van der Waals surface area contributed by atoms with Gasteiger partial charge in [-0.05, 0) is 37.3 Å². The maximum absolute atomic E-state index is 13.7. The van der Waals surface area contributed by atoms with Crippen molar-refractivity contribution < 1.29 is 9.59 Å². The molecule has 1 aliphatic rings. The summed E-state index contributed by atoms with van der Waals surface area (Å²) in [5.74, 6) is -0.602. The molecule has 1 N–H and O–H groups in total. The van der Waals surface area contributed by atoms with Crippen LogP contribution < -0.4 is 10.2 Å². The van der Waals surface area contributed by atoms with Gasteiger partial charge in [-0.25, -0.2) is 4.98 Å². The molecule has 6 nitrogen and oxygen atoms in total. The summed E-state index contributed by atoms with van der Waals surface area (Å²) in [7, 11) is 1.99. The third-order valence-electron chi connectivity index (χ3n) is 6.72. The molecular formula is C28H23ClN4O2. The van der Waals surface area contributed by atoms with Gasteiger partial charge < -0.3 is 9.88 Å². The summed E-state index contributed by atoms with van der Waals surface area (Å²) in [6.07, 6.45) is 1.72. The zero-order valence-electron chi connectivity index (χ0n) is 19.2. The van der Waals surface area contributed by atoms with Gasteiger partial charge in [0.15, 0.2) is 0 Å². The van der Waals surface area contributed by atoms with E-state index in [2.05, 4.69) is 14.9 Å². The van der Waals surface area contributed by atoms with Gasteiger partial charge in [-0.1, -0.05) is 54.6 Å². The van der Waals surface area contributed by atoms with Gasteiger partial charge in [-0.15, -0.1) is 12.4 Å². The van der Waals surface area contributed by atoms with Crippen molar-refractivity contribution in [1.29, 1.82) is 0 Å². The van der Waals surface area contributed by atoms with Crippen LogP contribution in [0.25, 0.3) is 21.8 Å². The number of nitrogens with one attached hydrogen (secondary N) is 1. The van der Waals surface area contributed by atoms with Crippen LogP contribution in [-0.4, -0.2) is 21.4 Å². The molecule has 0 fully saturated rings. The standard InChI is InChI=1S/C28H22N4O2.ClH/c1-28(21-13-7-9-15-24(21)32(27(28)34)18-10-4-3-5-11-18)30-26(33)22-16-20-19-12-6-8-14-23(19)31(2)25(20)17-29-22;/h3-17H,1-2H3,(H,30,33);1H. The first-order valence-corrected chi connectivity index (χ1v) is 11.1. The van der Waals surface area contributed by atoms with Gasteiger partial charge in [0.1, 0.15) is 11.2 Å². The number of rotatable bonds is 3. The predicted molar refractivity (Wildman–Crippen MR) is 140 cm³/mol. The average molecular weight is 483 g/mol. The van der Waals surface area contributed by atoms with E-state index in [1.165, 1.54) is 0 Å². The highest BCUT2D eigenvalue weighted by atomic mass is 35.5. The molecule has 0 spiro atoms. The molecule has 35 heavy (non-hydrogen) atoms. The van der Waals surface area contributed by atoms with Crippen molar-refractivity contribution in [3.8, 4) is 0 Å². The number of carbonyl (C=O) groups excluding carboxylic acids is 2. The second kappa shape index (κ2) is 8.25. The van der Waals surface area contributed by atoms with E-state index in [1.807, 2.05) is 85.9 Å². The van der Waals surface area contributed by atoms with E-state index in [0.717, 1.165) is 38.7 Å². The van der Waals surface area contributed by atoms with Gasteiger partial charge >= 0.3 is 0 Å². The largest absolute Gasteiger partial charge is 0.342 e. The van der Waals surface area contributed by atoms with Crippen molar-refractivity contribution in [2.45, 2.75) is 12.5 Å². The number of hydrogen-bond acceptors (Lipinski definition) is 3. The molecule has 0 saturated heterocycles. The summed E-state index contributed by atoms with van der Waals surface area (Å²) >= 11 is 0. The second-order valence-corrected chi connectivity index (χ2v) is 8.74. The van der Waals surface area contributed by atoms with Crippen LogP contribution in [0.3, 0.4) is 0 Å². The first-order valence-electron chi connectivity index (χ1n) is 11.1. The molecule has 0 radical (unpaired) electrons. The number of amides is 2. The SMILES string of the molecule is Cl.Cn1c2ccccc2c2cc(C(=O)NC3(C)C(=O)N(c4ccccc4)c4ccccc43)ncc21. The molecule has 0 aliphatic carbocycles. The maximum atomic E-state index is 13.7. The molecule has 2 amide bonds. The highest BCUT2D eigenvalue weighted by Crippen LogP contribution is 2.44. The monoisotopic (exact) mass is 482 g/mol. The van der Waals surface area contributed by atoms with Gasteiger partial charge in [0, 0.05) is 34.6 Å². The zero-order chi connectivity index (χ0) is 23.4. The first-order chi connectivity index (χ1) is 16.5. The van der Waals surface area contributed by atoms with E-state index in [1.54, 1.807) is 24.1 Å². The third kappa shape index (κ3) is 3.29. The molecule has 7 heteroatoms. The molecule has 1 atom stereocenters. The van der Waals surface area contributed by atoms with Crippen molar-refractivity contribution in [2.75, 3.05) is 4.90 Å². The number of nitrogens with zero attached hydrogens (tertiary/aromatic N) is 3. The van der Waals surface area contributed by atoms with E-state index in [4.69, 9.17) is 0 Å². The molecular weight excluding hydrogens is 460 g/mol. The fourth-order valence-corrected chi connectivity index (χ4v) is 4.96. The molecule has 0 saturated carbocycles. The minimum absolute atomic E-state index is 0. The summed E-state index contributed by atoms with van der Waals surface area (Å²) in [6.45, 7) is 1.76. The lowest BCUT2D eigenvalue weighted by Crippen LogP contribution is -2.50. The lowest BCUT2D eigenvalue weighted by molar-refractivity contribution is -0.122. The fraction of sp³-hybridized carbons (Fsp3) is 0.107. The van der Waals surface area contributed by atoms with E-state index < -0.39 is 11.4 Å². The number of anilines is 2. The number of halogens is 1. The Morgan fingerprint density at radius 3 is 2.37 bits per heavy atom. The van der Waals surface area contributed by atoms with Crippen LogP contribution in [0.15, 0.2) is 91.1 Å². The minimum Gasteiger partial charge on any atom is -0.342 e. The van der Waals surface area contributed by atoms with E-state index >= 15 is 0 Å². The highest BCUT2D eigenvalue weighted by molar-refractivity contribution is 6.15. The summed E-state index contributed by atoms with van der Waals surface area (Å²) in [4.78, 5) is 33.3. The highest BCUT2D eigenvalue weighted by Gasteiger charge is 2.49. The lowest BCUT2D eigenvalue weighted by atomic mass is 9.93. The Hall–Kier alpha value is -4.16. The van der Waals surface area contributed by atoms with Gasteiger partial charge in [-0.3, -0.25) is 14.5 Å². The van der Waals surface area contributed by atoms with E-state index in [9.17, 15) is 9.59 Å². The smallest absolute Gasteiger partial charge is 0.271 e. The molecule has 3 aromatic carbocycles. The third-order valence-corrected chi connectivity index (χ3v) is 6.72. The van der Waals surface area contributed by atoms with Crippen LogP contribution in [0.5, 0.6) is 0 Å². The van der Waals surface area contributed by atoms with Gasteiger partial charge in [0.25, 0.3) is 11.8 Å². The number of hydrogen-bond donors (Lipinski definition) is 1. The summed E-state index contributed by atoms with van der Waals surface area (Å²) in [5.41, 5.74) is 3.34. The molecule has 1 unspecified atom stereocenters. The van der Waals surface area contributed by atoms with Gasteiger partial charge in [-0.2, -0.15) is 0 Å². The number of benzene rings is 3. The van der Waals surface area contributed by atoms with Crippen molar-refractivity contribution in [2.24, 2.45) is 7.05 Å². The number of para-hydroxylation sites is 3. The molecule has 2 aromatic heterocycles. The van der Waals surface area contributed by atoms with Crippen molar-refractivity contribution >= 4 is 57.4 Å². The average Bonchev–Trinajstić information content (AvgIpc) is 3.28. The molecule has 0 bridgehead atoms. The molecule has 6 rings (SSSR count). The molecule has 5 aromatic rings. The van der Waals surface area contributed by atoms with Gasteiger partial charge in [0.05, 0.1) is 17.4 Å². The number of aryl methyl sites for hydroxylation is 1. The Bertz CT molecular complexity index is 1610. The minimum atomic E-state index is -1.22. The second-order valence-electron chi connectivity index (χ2n) is 8.74. The summed E-state index contributed by atoms with van der Waals surface area (Å²) < 4.78 is 2.06. The van der Waals surface area contributed by atoms with Crippen molar-refractivity contribution in [1.82, 2.24) is 14.9 Å². The quantitative estimate of drug-likeness (QED) is 0.370. The molecule has 174 valence electrons. The Balaban J connectivity index is 0.00000253. The Kier molecular flexibility index (Phi) is 5.33. The fourth-order valence-electron chi connectivity index (χ4n) is 4.96. The van der Waals surface area contributed by atoms with E-state index in [-0.39, 0.29) is 24.0 Å². The van der Waals surface area contributed by atoms with Crippen LogP contribution in [0.4, 0.5) is 11.4 Å². The Labute approximate surface area is 208 Å². The number of fused-ring (bicyclic) bond motifs is 4. The Morgan fingerprint density at radius 2 is 1.57 bits per heavy atom. The Morgan fingerprint density at radius 1 is 0.886 bits per heavy atom. The van der Waals surface area contributed by atoms with Crippen LogP contribution >= 0.6 is 12.4 Å². The summed E-state index contributed by atoms with van der Waals surface area (Å²) in [5, 5.41) is 5.00. The van der Waals surface area contributed by atoms with Crippen LogP contribution in [0.2, 0.25) is 0 Å². The first kappa shape index (κ1) is 22.6. The van der Waals surface area contributed by atoms with Crippen molar-refractivity contribution in [3.05, 3.63) is 102 Å². The molecule has 1 aliphatic heterocycles. The normalized spacial score (nSPS) is 16.9.